The lowest BCUT2D eigenvalue weighted by molar-refractivity contribution is 0.805. The molecule has 4 nitrogen and oxygen atoms in total. The number of hydrogen-bond acceptors (Lipinski definition) is 3. The molecule has 1 saturated carbocycles. The summed E-state index contributed by atoms with van der Waals surface area (Å²) in [4.78, 5) is 0. The second-order valence-electron chi connectivity index (χ2n) is 2.75. The molecule has 5 heteroatoms. The van der Waals surface area contributed by atoms with E-state index in [4.69, 9.17) is 5.73 Å². The molecule has 0 spiro atoms. The second-order valence-corrected chi connectivity index (χ2v) is 2.75. The van der Waals surface area contributed by atoms with Crippen LogP contribution in [0, 0.1) is 0 Å². The van der Waals surface area contributed by atoms with Gasteiger partial charge < -0.3 is 10.3 Å². The Hall–Kier alpha value is -0.330. The molecule has 0 radical (unpaired) electrons. The molecule has 1 aliphatic rings. The number of nitrogen functional groups attached to an aromatic ring is 1. The van der Waals surface area contributed by atoms with Crippen molar-refractivity contribution in [3.05, 3.63) is 5.82 Å². The summed E-state index contributed by atoms with van der Waals surface area (Å²) in [5.74, 6) is 2.19. The monoisotopic (exact) mass is 266 g/mol. The van der Waals surface area contributed by atoms with Crippen molar-refractivity contribution in [2.45, 2.75) is 18.8 Å². The van der Waals surface area contributed by atoms with Crippen LogP contribution in [0.1, 0.15) is 24.6 Å². The van der Waals surface area contributed by atoms with Crippen LogP contribution >= 0.6 is 24.0 Å². The minimum atomic E-state index is 0. The Kier molecular flexibility index (Phi) is 2.36. The molecule has 11 heavy (non-hydrogen) atoms. The van der Waals surface area contributed by atoms with Gasteiger partial charge in [0.1, 0.15) is 5.82 Å². The Morgan fingerprint density at radius 3 is 2.45 bits per heavy atom. The number of aromatic nitrogens is 3. The predicted molar refractivity (Wildman–Crippen MR) is 52.8 cm³/mol. The molecule has 0 aliphatic heterocycles. The molecule has 2 rings (SSSR count). The highest BCUT2D eigenvalue weighted by atomic mass is 127. The highest BCUT2D eigenvalue weighted by Crippen LogP contribution is 2.38. The van der Waals surface area contributed by atoms with Crippen molar-refractivity contribution in [1.82, 2.24) is 14.8 Å². The number of anilines is 1. The van der Waals surface area contributed by atoms with Crippen LogP contribution in [-0.2, 0) is 7.05 Å². The lowest BCUT2D eigenvalue weighted by Crippen LogP contribution is -2.00. The van der Waals surface area contributed by atoms with E-state index in [1.54, 1.807) is 0 Å². The Morgan fingerprint density at radius 2 is 2.09 bits per heavy atom. The Balaban J connectivity index is 0.000000605. The fourth-order valence-corrected chi connectivity index (χ4v) is 1.05. The zero-order valence-corrected chi connectivity index (χ0v) is 8.65. The average Bonchev–Trinajstić information content (AvgIpc) is 2.67. The lowest BCUT2D eigenvalue weighted by atomic mass is 10.4. The molecule has 0 atom stereocenters. The highest BCUT2D eigenvalue weighted by molar-refractivity contribution is 14.0. The summed E-state index contributed by atoms with van der Waals surface area (Å²) in [6, 6.07) is 0. The third kappa shape index (κ3) is 1.47. The van der Waals surface area contributed by atoms with Gasteiger partial charge in [0.05, 0.1) is 0 Å². The minimum absolute atomic E-state index is 0. The first-order valence-corrected chi connectivity index (χ1v) is 3.44. The van der Waals surface area contributed by atoms with Gasteiger partial charge >= 0.3 is 0 Å². The number of nitrogens with two attached hydrogens (primary N) is 1. The summed E-state index contributed by atoms with van der Waals surface area (Å²) in [6.45, 7) is 0. The molecule has 1 fully saturated rings. The molecule has 1 aromatic rings. The van der Waals surface area contributed by atoms with E-state index < -0.39 is 0 Å². The standard InChI is InChI=1S/C6H10N4.HI/c1-10-5(4-2-3-4)8-9-6(10)7;/h4H,2-3H2,1H3,(H2,7,9);1H. The molecular weight excluding hydrogens is 255 g/mol. The van der Waals surface area contributed by atoms with Gasteiger partial charge in [0.2, 0.25) is 5.95 Å². The Labute approximate surface area is 82.2 Å². The fourth-order valence-electron chi connectivity index (χ4n) is 1.05. The first-order chi connectivity index (χ1) is 4.79. The molecule has 0 saturated heterocycles. The van der Waals surface area contributed by atoms with Gasteiger partial charge in [0.25, 0.3) is 0 Å². The van der Waals surface area contributed by atoms with Crippen LogP contribution in [0.4, 0.5) is 5.95 Å². The largest absolute Gasteiger partial charge is 0.368 e. The SMILES string of the molecule is Cn1c(N)nnc1C1CC1.I. The second kappa shape index (κ2) is 2.96. The predicted octanol–water partition coefficient (Wildman–Crippen LogP) is 0.893. The maximum absolute atomic E-state index is 5.50. The van der Waals surface area contributed by atoms with Crippen LogP contribution in [0.5, 0.6) is 0 Å². The Morgan fingerprint density at radius 1 is 1.45 bits per heavy atom. The maximum atomic E-state index is 5.50. The van der Waals surface area contributed by atoms with Gasteiger partial charge in [-0.05, 0) is 12.8 Å². The third-order valence-electron chi connectivity index (χ3n) is 1.88. The van der Waals surface area contributed by atoms with E-state index in [9.17, 15) is 0 Å². The van der Waals surface area contributed by atoms with Crippen molar-refractivity contribution >= 4 is 29.9 Å². The molecule has 0 amide bonds. The van der Waals surface area contributed by atoms with Crippen molar-refractivity contribution in [2.24, 2.45) is 7.05 Å². The van der Waals surface area contributed by atoms with Crippen LogP contribution < -0.4 is 5.73 Å². The van der Waals surface area contributed by atoms with Crippen molar-refractivity contribution < 1.29 is 0 Å². The van der Waals surface area contributed by atoms with E-state index in [2.05, 4.69) is 10.2 Å². The summed E-state index contributed by atoms with van der Waals surface area (Å²) in [6.07, 6.45) is 2.48. The molecule has 1 heterocycles. The van der Waals surface area contributed by atoms with Gasteiger partial charge in [-0.15, -0.1) is 34.2 Å². The van der Waals surface area contributed by atoms with Gasteiger partial charge in [0.15, 0.2) is 0 Å². The zero-order valence-electron chi connectivity index (χ0n) is 6.32. The fraction of sp³-hybridized carbons (Fsp3) is 0.667. The van der Waals surface area contributed by atoms with Crippen LogP contribution in [-0.4, -0.2) is 14.8 Å². The van der Waals surface area contributed by atoms with Gasteiger partial charge in [-0.2, -0.15) is 0 Å². The quantitative estimate of drug-likeness (QED) is 0.768. The maximum Gasteiger partial charge on any atom is 0.221 e. The van der Waals surface area contributed by atoms with Crippen molar-refractivity contribution in [3.63, 3.8) is 0 Å². The first-order valence-electron chi connectivity index (χ1n) is 3.44. The molecule has 0 unspecified atom stereocenters. The van der Waals surface area contributed by atoms with E-state index in [0.29, 0.717) is 11.9 Å². The summed E-state index contributed by atoms with van der Waals surface area (Å²) in [5, 5.41) is 7.73. The van der Waals surface area contributed by atoms with Crippen LogP contribution in [0.25, 0.3) is 0 Å². The molecule has 0 bridgehead atoms. The van der Waals surface area contributed by atoms with Crippen LogP contribution in [0.3, 0.4) is 0 Å². The summed E-state index contributed by atoms with van der Waals surface area (Å²) < 4.78 is 1.86. The van der Waals surface area contributed by atoms with E-state index in [1.165, 1.54) is 12.8 Å². The number of halogens is 1. The third-order valence-corrected chi connectivity index (χ3v) is 1.88. The van der Waals surface area contributed by atoms with Crippen molar-refractivity contribution in [2.75, 3.05) is 5.73 Å². The highest BCUT2D eigenvalue weighted by Gasteiger charge is 2.28. The molecule has 1 aromatic heterocycles. The smallest absolute Gasteiger partial charge is 0.221 e. The number of nitrogens with zero attached hydrogens (tertiary/aromatic N) is 3. The molecule has 1 aliphatic carbocycles. The van der Waals surface area contributed by atoms with Crippen LogP contribution in [0.15, 0.2) is 0 Å². The molecule has 2 N–H and O–H groups in total. The minimum Gasteiger partial charge on any atom is -0.368 e. The number of hydrogen-bond donors (Lipinski definition) is 1. The summed E-state index contributed by atoms with van der Waals surface area (Å²) in [5.41, 5.74) is 5.50. The van der Waals surface area contributed by atoms with Crippen LogP contribution in [0.2, 0.25) is 0 Å². The van der Waals surface area contributed by atoms with Crippen molar-refractivity contribution in [1.29, 1.82) is 0 Å². The van der Waals surface area contributed by atoms with Gasteiger partial charge in [-0.3, -0.25) is 0 Å². The van der Waals surface area contributed by atoms with Crippen molar-refractivity contribution in [3.8, 4) is 0 Å². The summed E-state index contributed by atoms with van der Waals surface area (Å²) in [7, 11) is 1.91. The molecule has 0 aromatic carbocycles. The summed E-state index contributed by atoms with van der Waals surface area (Å²) >= 11 is 0. The van der Waals surface area contributed by atoms with E-state index in [-0.39, 0.29) is 24.0 Å². The lowest BCUT2D eigenvalue weighted by Gasteiger charge is -1.95. The molecular formula is C6H11IN4. The van der Waals surface area contributed by atoms with Gasteiger partial charge in [-0.25, -0.2) is 0 Å². The normalized spacial score (nSPS) is 16.1. The van der Waals surface area contributed by atoms with Gasteiger partial charge in [-0.1, -0.05) is 0 Å². The zero-order chi connectivity index (χ0) is 7.14. The van der Waals surface area contributed by atoms with Gasteiger partial charge in [0, 0.05) is 13.0 Å². The van der Waals surface area contributed by atoms with E-state index >= 15 is 0 Å². The van der Waals surface area contributed by atoms with E-state index in [1.807, 2.05) is 11.6 Å². The average molecular weight is 266 g/mol. The Bertz CT molecular complexity index is 253. The first kappa shape index (κ1) is 8.76. The number of rotatable bonds is 1. The van der Waals surface area contributed by atoms with E-state index in [0.717, 1.165) is 5.82 Å². The molecule has 62 valence electrons. The topological polar surface area (TPSA) is 56.7 Å².